The van der Waals surface area contributed by atoms with E-state index in [0.29, 0.717) is 11.7 Å². The molecule has 2 N–H and O–H groups in total. The molecule has 118 valence electrons. The molecule has 2 rings (SSSR count). The van der Waals surface area contributed by atoms with Gasteiger partial charge in [-0.25, -0.2) is 0 Å². The predicted octanol–water partition coefficient (Wildman–Crippen LogP) is 3.41. The number of rotatable bonds is 8. The predicted molar refractivity (Wildman–Crippen MR) is 89.0 cm³/mol. The molecule has 3 nitrogen and oxygen atoms in total. The topological polar surface area (TPSA) is 52.3 Å². The highest BCUT2D eigenvalue weighted by atomic mass is 32.2. The van der Waals surface area contributed by atoms with Crippen LogP contribution in [0.5, 0.6) is 5.75 Å². The summed E-state index contributed by atoms with van der Waals surface area (Å²) in [5.74, 6) is 2.92. The molecule has 0 saturated heterocycles. The van der Waals surface area contributed by atoms with Crippen molar-refractivity contribution in [2.24, 2.45) is 11.7 Å². The quantitative estimate of drug-likeness (QED) is 0.800. The fourth-order valence-electron chi connectivity index (χ4n) is 2.84. The Morgan fingerprint density at radius 3 is 2.57 bits per heavy atom. The van der Waals surface area contributed by atoms with E-state index in [2.05, 4.69) is 6.92 Å². The summed E-state index contributed by atoms with van der Waals surface area (Å²) < 4.78 is 17.8. The normalized spacial score (nSPS) is 18.6. The van der Waals surface area contributed by atoms with Gasteiger partial charge in [0.1, 0.15) is 5.75 Å². The lowest BCUT2D eigenvalue weighted by molar-refractivity contribution is 0.317. The minimum atomic E-state index is -0.807. The van der Waals surface area contributed by atoms with Gasteiger partial charge in [-0.05, 0) is 42.9 Å². The van der Waals surface area contributed by atoms with E-state index in [1.54, 1.807) is 0 Å². The smallest absolute Gasteiger partial charge is 0.119 e. The highest BCUT2D eigenvalue weighted by Gasteiger charge is 2.19. The SMILES string of the molecule is CCCOc1ccc(C(N)CS(=O)CC2CCCC2)cc1. The first-order chi connectivity index (χ1) is 10.2. The Kier molecular flexibility index (Phi) is 6.71. The third kappa shape index (κ3) is 5.44. The first-order valence-electron chi connectivity index (χ1n) is 8.02. The van der Waals surface area contributed by atoms with Crippen molar-refractivity contribution in [1.82, 2.24) is 0 Å². The van der Waals surface area contributed by atoms with Crippen LogP contribution in [0, 0.1) is 5.92 Å². The van der Waals surface area contributed by atoms with Gasteiger partial charge in [-0.2, -0.15) is 0 Å². The molecule has 1 aromatic rings. The summed E-state index contributed by atoms with van der Waals surface area (Å²) in [6.45, 7) is 2.82. The van der Waals surface area contributed by atoms with Gasteiger partial charge in [0.2, 0.25) is 0 Å². The summed E-state index contributed by atoms with van der Waals surface area (Å²) in [7, 11) is -0.807. The zero-order chi connectivity index (χ0) is 15.1. The Balaban J connectivity index is 1.81. The van der Waals surface area contributed by atoms with Crippen LogP contribution in [0.2, 0.25) is 0 Å². The molecule has 1 aliphatic carbocycles. The number of benzene rings is 1. The van der Waals surface area contributed by atoms with Crippen LogP contribution in [-0.4, -0.2) is 22.3 Å². The Labute approximate surface area is 130 Å². The van der Waals surface area contributed by atoms with Crippen LogP contribution in [0.1, 0.15) is 50.6 Å². The molecule has 0 amide bonds. The van der Waals surface area contributed by atoms with Crippen LogP contribution in [0.25, 0.3) is 0 Å². The number of ether oxygens (including phenoxy) is 1. The molecule has 4 heteroatoms. The molecule has 1 aromatic carbocycles. The summed E-state index contributed by atoms with van der Waals surface area (Å²) in [6.07, 6.45) is 6.08. The fourth-order valence-corrected chi connectivity index (χ4v) is 4.42. The number of nitrogens with two attached hydrogens (primary N) is 1. The molecule has 2 atom stereocenters. The van der Waals surface area contributed by atoms with E-state index in [-0.39, 0.29) is 6.04 Å². The summed E-state index contributed by atoms with van der Waals surface area (Å²) in [5.41, 5.74) is 7.23. The van der Waals surface area contributed by atoms with Crippen LogP contribution >= 0.6 is 0 Å². The summed E-state index contributed by atoms with van der Waals surface area (Å²) in [6, 6.07) is 7.73. The van der Waals surface area contributed by atoms with Gasteiger partial charge >= 0.3 is 0 Å². The van der Waals surface area contributed by atoms with E-state index in [0.717, 1.165) is 30.1 Å². The Hall–Kier alpha value is -0.870. The molecule has 21 heavy (non-hydrogen) atoms. The van der Waals surface area contributed by atoms with Gasteiger partial charge in [0, 0.05) is 28.3 Å². The highest BCUT2D eigenvalue weighted by Crippen LogP contribution is 2.26. The van der Waals surface area contributed by atoms with Crippen molar-refractivity contribution < 1.29 is 8.95 Å². The first kappa shape index (κ1) is 16.5. The molecule has 1 fully saturated rings. The third-order valence-electron chi connectivity index (χ3n) is 4.04. The summed E-state index contributed by atoms with van der Waals surface area (Å²) >= 11 is 0. The first-order valence-corrected chi connectivity index (χ1v) is 9.51. The second-order valence-corrected chi connectivity index (χ2v) is 7.49. The number of hydrogen-bond acceptors (Lipinski definition) is 3. The minimum Gasteiger partial charge on any atom is -0.494 e. The number of hydrogen-bond donors (Lipinski definition) is 1. The van der Waals surface area contributed by atoms with Crippen molar-refractivity contribution in [3.05, 3.63) is 29.8 Å². The molecule has 0 radical (unpaired) electrons. The molecule has 0 bridgehead atoms. The monoisotopic (exact) mass is 309 g/mol. The lowest BCUT2D eigenvalue weighted by Gasteiger charge is -2.14. The van der Waals surface area contributed by atoms with Crippen molar-refractivity contribution in [3.63, 3.8) is 0 Å². The van der Waals surface area contributed by atoms with Gasteiger partial charge in [-0.15, -0.1) is 0 Å². The van der Waals surface area contributed by atoms with Crippen LogP contribution in [0.3, 0.4) is 0 Å². The van der Waals surface area contributed by atoms with Gasteiger partial charge < -0.3 is 10.5 Å². The second kappa shape index (κ2) is 8.54. The maximum Gasteiger partial charge on any atom is 0.119 e. The van der Waals surface area contributed by atoms with Crippen LogP contribution < -0.4 is 10.5 Å². The molecular formula is C17H27NO2S. The lowest BCUT2D eigenvalue weighted by Crippen LogP contribution is -2.21. The van der Waals surface area contributed by atoms with E-state index < -0.39 is 10.8 Å². The zero-order valence-electron chi connectivity index (χ0n) is 12.9. The van der Waals surface area contributed by atoms with Crippen molar-refractivity contribution in [3.8, 4) is 5.75 Å². The average molecular weight is 309 g/mol. The largest absolute Gasteiger partial charge is 0.494 e. The zero-order valence-corrected chi connectivity index (χ0v) is 13.7. The van der Waals surface area contributed by atoms with E-state index in [4.69, 9.17) is 10.5 Å². The van der Waals surface area contributed by atoms with Gasteiger partial charge in [-0.1, -0.05) is 31.9 Å². The highest BCUT2D eigenvalue weighted by molar-refractivity contribution is 7.85. The Bertz CT molecular complexity index is 441. The minimum absolute atomic E-state index is 0.146. The molecule has 1 saturated carbocycles. The van der Waals surface area contributed by atoms with Crippen molar-refractivity contribution in [2.75, 3.05) is 18.1 Å². The second-order valence-electron chi connectivity index (χ2n) is 5.95. The molecule has 0 heterocycles. The average Bonchev–Trinajstić information content (AvgIpc) is 2.98. The van der Waals surface area contributed by atoms with Crippen LogP contribution in [0.15, 0.2) is 24.3 Å². The molecular weight excluding hydrogens is 282 g/mol. The van der Waals surface area contributed by atoms with Gasteiger partial charge in [0.25, 0.3) is 0 Å². The fraction of sp³-hybridized carbons (Fsp3) is 0.647. The van der Waals surface area contributed by atoms with Crippen LogP contribution in [-0.2, 0) is 10.8 Å². The van der Waals surface area contributed by atoms with Gasteiger partial charge in [0.05, 0.1) is 6.61 Å². The Morgan fingerprint density at radius 2 is 1.95 bits per heavy atom. The van der Waals surface area contributed by atoms with E-state index in [9.17, 15) is 4.21 Å². The standard InChI is InChI=1S/C17H27NO2S/c1-2-11-20-16-9-7-15(8-10-16)17(18)13-21(19)12-14-5-3-4-6-14/h7-10,14,17H,2-6,11-13,18H2,1H3. The molecule has 0 spiro atoms. The van der Waals surface area contributed by atoms with Crippen molar-refractivity contribution in [1.29, 1.82) is 0 Å². The van der Waals surface area contributed by atoms with Gasteiger partial charge in [0.15, 0.2) is 0 Å². The van der Waals surface area contributed by atoms with Crippen molar-refractivity contribution in [2.45, 2.75) is 45.1 Å². The maximum atomic E-state index is 12.2. The van der Waals surface area contributed by atoms with E-state index in [1.165, 1.54) is 25.7 Å². The molecule has 2 unspecified atom stereocenters. The van der Waals surface area contributed by atoms with Crippen LogP contribution in [0.4, 0.5) is 0 Å². The molecule has 0 aromatic heterocycles. The third-order valence-corrected chi connectivity index (χ3v) is 5.62. The lowest BCUT2D eigenvalue weighted by atomic mass is 10.1. The molecule has 0 aliphatic heterocycles. The molecule has 1 aliphatic rings. The van der Waals surface area contributed by atoms with E-state index in [1.807, 2.05) is 24.3 Å². The van der Waals surface area contributed by atoms with Gasteiger partial charge in [-0.3, -0.25) is 4.21 Å². The summed E-state index contributed by atoms with van der Waals surface area (Å²) in [5, 5.41) is 0. The maximum absolute atomic E-state index is 12.2. The Morgan fingerprint density at radius 1 is 1.29 bits per heavy atom. The van der Waals surface area contributed by atoms with Crippen molar-refractivity contribution >= 4 is 10.8 Å². The van der Waals surface area contributed by atoms with E-state index >= 15 is 0 Å². The summed E-state index contributed by atoms with van der Waals surface area (Å²) in [4.78, 5) is 0.